The first kappa shape index (κ1) is 9.52. The molecular formula is C12H13N3. The largest absolute Gasteiger partial charge is 0.373 e. The Kier molecular flexibility index (Phi) is 3.18. The summed E-state index contributed by atoms with van der Waals surface area (Å²) in [6, 6.07) is 12.1. The van der Waals surface area contributed by atoms with Crippen molar-refractivity contribution < 1.29 is 0 Å². The van der Waals surface area contributed by atoms with Crippen molar-refractivity contribution >= 4 is 10.9 Å². The number of nitrogens with zero attached hydrogens (tertiary/aromatic N) is 1. The molecule has 2 N–H and O–H groups in total. The number of nitrogens with one attached hydrogen (secondary N) is 2. The van der Waals surface area contributed by atoms with Gasteiger partial charge in [0.2, 0.25) is 0 Å². The molecule has 0 saturated carbocycles. The molecule has 3 nitrogen and oxygen atoms in total. The molecule has 76 valence electrons. The van der Waals surface area contributed by atoms with Gasteiger partial charge in [-0.15, -0.1) is 0 Å². The van der Waals surface area contributed by atoms with E-state index in [1.807, 2.05) is 42.9 Å². The summed E-state index contributed by atoms with van der Waals surface area (Å²) in [5.74, 6) is 0. The lowest BCUT2D eigenvalue weighted by Gasteiger charge is -1.91. The number of aromatic nitrogens is 1. The maximum Gasteiger partial charge on any atom is 0.0840 e. The third kappa shape index (κ3) is 2.71. The highest BCUT2D eigenvalue weighted by Gasteiger charge is 1.86. The molecule has 0 saturated heterocycles. The third-order valence-corrected chi connectivity index (χ3v) is 2.04. The summed E-state index contributed by atoms with van der Waals surface area (Å²) < 4.78 is 0. The van der Waals surface area contributed by atoms with Gasteiger partial charge in [0.25, 0.3) is 0 Å². The van der Waals surface area contributed by atoms with Crippen molar-refractivity contribution in [1.29, 1.82) is 0 Å². The molecule has 1 aliphatic heterocycles. The molecule has 2 heterocycles. The molecule has 2 aromatic rings. The first-order valence-electron chi connectivity index (χ1n) is 4.88. The van der Waals surface area contributed by atoms with E-state index in [9.17, 15) is 0 Å². The van der Waals surface area contributed by atoms with Crippen molar-refractivity contribution in [2.75, 3.05) is 6.67 Å². The van der Waals surface area contributed by atoms with Crippen LogP contribution in [-0.2, 0) is 0 Å². The lowest BCUT2D eigenvalue weighted by Crippen LogP contribution is -2.10. The number of para-hydroxylation sites is 1. The van der Waals surface area contributed by atoms with Crippen molar-refractivity contribution in [3.63, 3.8) is 0 Å². The fourth-order valence-corrected chi connectivity index (χ4v) is 1.31. The molecule has 0 fully saturated rings. The fraction of sp³-hybridized carbons (Fsp3) is 0.0833. The van der Waals surface area contributed by atoms with Crippen molar-refractivity contribution in [2.24, 2.45) is 0 Å². The van der Waals surface area contributed by atoms with Crippen LogP contribution in [0.4, 0.5) is 0 Å². The van der Waals surface area contributed by atoms with Gasteiger partial charge in [-0.2, -0.15) is 0 Å². The predicted octanol–water partition coefficient (Wildman–Crippen LogP) is 1.84. The van der Waals surface area contributed by atoms with Crippen LogP contribution in [0.3, 0.4) is 0 Å². The Labute approximate surface area is 88.8 Å². The van der Waals surface area contributed by atoms with Gasteiger partial charge < -0.3 is 10.6 Å². The normalized spacial score (nSPS) is 12.5. The number of fused-ring (bicyclic) bond motifs is 1. The van der Waals surface area contributed by atoms with Gasteiger partial charge in [-0.25, -0.2) is 0 Å². The Morgan fingerprint density at radius 2 is 1.67 bits per heavy atom. The summed E-state index contributed by atoms with van der Waals surface area (Å²) in [5, 5.41) is 7.06. The van der Waals surface area contributed by atoms with Gasteiger partial charge in [-0.3, -0.25) is 4.98 Å². The molecule has 0 radical (unpaired) electrons. The standard InChI is InChI=1S/C9H7N.C3H6N2/c1-2-6-9-8(4-1)5-3-7-10-9;1-2-5-3-4-1/h1-7H;1-2,4-5H,3H2. The first-order valence-corrected chi connectivity index (χ1v) is 4.88. The molecule has 15 heavy (non-hydrogen) atoms. The predicted molar refractivity (Wildman–Crippen MR) is 62.0 cm³/mol. The van der Waals surface area contributed by atoms with E-state index in [1.54, 1.807) is 0 Å². The first-order chi connectivity index (χ1) is 7.47. The fourth-order valence-electron chi connectivity index (χ4n) is 1.31. The number of rotatable bonds is 0. The molecule has 0 amide bonds. The third-order valence-electron chi connectivity index (χ3n) is 2.04. The van der Waals surface area contributed by atoms with Crippen LogP contribution >= 0.6 is 0 Å². The van der Waals surface area contributed by atoms with E-state index >= 15 is 0 Å². The molecule has 0 bridgehead atoms. The van der Waals surface area contributed by atoms with Gasteiger partial charge in [0.1, 0.15) is 0 Å². The van der Waals surface area contributed by atoms with Crippen molar-refractivity contribution in [1.82, 2.24) is 15.6 Å². The Morgan fingerprint density at radius 1 is 0.933 bits per heavy atom. The summed E-state index contributed by atoms with van der Waals surface area (Å²) in [4.78, 5) is 4.18. The summed E-state index contributed by atoms with van der Waals surface area (Å²) in [7, 11) is 0. The minimum atomic E-state index is 0.889. The van der Waals surface area contributed by atoms with Gasteiger partial charge in [-0.1, -0.05) is 24.3 Å². The molecule has 1 aromatic heterocycles. The van der Waals surface area contributed by atoms with Gasteiger partial charge in [-0.05, 0) is 12.1 Å². The quantitative estimate of drug-likeness (QED) is 0.679. The Hall–Kier alpha value is -2.03. The van der Waals surface area contributed by atoms with Crippen molar-refractivity contribution in [3.8, 4) is 0 Å². The minimum Gasteiger partial charge on any atom is -0.373 e. The van der Waals surface area contributed by atoms with E-state index in [1.165, 1.54) is 5.39 Å². The van der Waals surface area contributed by atoms with Crippen LogP contribution in [-0.4, -0.2) is 11.7 Å². The van der Waals surface area contributed by atoms with Gasteiger partial charge in [0.15, 0.2) is 0 Å². The topological polar surface area (TPSA) is 37.0 Å². The second-order valence-corrected chi connectivity index (χ2v) is 3.11. The van der Waals surface area contributed by atoms with Crippen LogP contribution in [0.2, 0.25) is 0 Å². The number of pyridine rings is 1. The van der Waals surface area contributed by atoms with Gasteiger partial charge in [0, 0.05) is 24.0 Å². The molecule has 3 rings (SSSR count). The van der Waals surface area contributed by atoms with Crippen LogP contribution in [0.1, 0.15) is 0 Å². The van der Waals surface area contributed by atoms with E-state index in [2.05, 4.69) is 27.8 Å². The van der Waals surface area contributed by atoms with E-state index in [-0.39, 0.29) is 0 Å². The lowest BCUT2D eigenvalue weighted by molar-refractivity contribution is 0.836. The Bertz CT molecular complexity index is 380. The zero-order valence-corrected chi connectivity index (χ0v) is 8.35. The van der Waals surface area contributed by atoms with Gasteiger partial charge >= 0.3 is 0 Å². The number of hydrogen-bond acceptors (Lipinski definition) is 3. The average Bonchev–Trinajstić information content (AvgIpc) is 2.88. The number of hydrogen-bond donors (Lipinski definition) is 2. The van der Waals surface area contributed by atoms with Crippen LogP contribution in [0.15, 0.2) is 55.0 Å². The van der Waals surface area contributed by atoms with E-state index in [0.29, 0.717) is 0 Å². The maximum absolute atomic E-state index is 4.18. The minimum absolute atomic E-state index is 0.889. The van der Waals surface area contributed by atoms with E-state index in [4.69, 9.17) is 0 Å². The zero-order chi connectivity index (χ0) is 10.3. The van der Waals surface area contributed by atoms with Crippen molar-refractivity contribution in [3.05, 3.63) is 55.0 Å². The van der Waals surface area contributed by atoms with Crippen LogP contribution in [0, 0.1) is 0 Å². The Balaban J connectivity index is 0.000000144. The smallest absolute Gasteiger partial charge is 0.0840 e. The molecule has 0 aliphatic carbocycles. The highest BCUT2D eigenvalue weighted by molar-refractivity contribution is 5.77. The molecular weight excluding hydrogens is 186 g/mol. The monoisotopic (exact) mass is 199 g/mol. The highest BCUT2D eigenvalue weighted by Crippen LogP contribution is 2.07. The summed E-state index contributed by atoms with van der Waals surface area (Å²) in [5.41, 5.74) is 1.06. The van der Waals surface area contributed by atoms with Crippen LogP contribution < -0.4 is 10.6 Å². The second-order valence-electron chi connectivity index (χ2n) is 3.11. The highest BCUT2D eigenvalue weighted by atomic mass is 15.1. The second kappa shape index (κ2) is 5.00. The van der Waals surface area contributed by atoms with Gasteiger partial charge in [0.05, 0.1) is 12.2 Å². The van der Waals surface area contributed by atoms with Crippen molar-refractivity contribution in [2.45, 2.75) is 0 Å². The summed E-state index contributed by atoms with van der Waals surface area (Å²) >= 11 is 0. The molecule has 0 spiro atoms. The van der Waals surface area contributed by atoms with Crippen LogP contribution in [0.5, 0.6) is 0 Å². The molecule has 1 aromatic carbocycles. The summed E-state index contributed by atoms with van der Waals surface area (Å²) in [6.45, 7) is 0.889. The van der Waals surface area contributed by atoms with E-state index in [0.717, 1.165) is 12.2 Å². The molecule has 0 unspecified atom stereocenters. The zero-order valence-electron chi connectivity index (χ0n) is 8.35. The molecule has 3 heteroatoms. The van der Waals surface area contributed by atoms with Crippen LogP contribution in [0.25, 0.3) is 10.9 Å². The summed E-state index contributed by atoms with van der Waals surface area (Å²) in [6.07, 6.45) is 5.56. The average molecular weight is 199 g/mol. The lowest BCUT2D eigenvalue weighted by atomic mass is 10.2. The number of benzene rings is 1. The SMILES string of the molecule is C1=CNCN1.c1ccc2ncccc2c1. The maximum atomic E-state index is 4.18. The molecule has 1 aliphatic rings. The van der Waals surface area contributed by atoms with E-state index < -0.39 is 0 Å². The molecule has 0 atom stereocenters. The Morgan fingerprint density at radius 3 is 2.33 bits per heavy atom.